The average molecular weight is 1450 g/mol. The predicted molar refractivity (Wildman–Crippen MR) is 375 cm³/mol. The normalized spacial score (nSPS) is 10.7. The zero-order valence-corrected chi connectivity index (χ0v) is 57.1. The molecule has 4 atom stereocenters. The molecule has 6 aromatic rings. The van der Waals surface area contributed by atoms with E-state index < -0.39 is 85.4 Å². The number of rotatable bonds is 25. The van der Waals surface area contributed by atoms with Crippen LogP contribution >= 0.6 is 7.60 Å². The molecule has 6 aromatic carbocycles. The van der Waals surface area contributed by atoms with Crippen molar-refractivity contribution in [1.82, 2.24) is 26.6 Å². The summed E-state index contributed by atoms with van der Waals surface area (Å²) in [6.07, 6.45) is 4.07. The summed E-state index contributed by atoms with van der Waals surface area (Å²) in [6, 6.07) is 50.1. The molecule has 31 nitrogen and oxygen atoms in total. The van der Waals surface area contributed by atoms with Crippen LogP contribution in [0.1, 0.15) is 76.0 Å². The number of allylic oxidation sites excluding steroid dienone is 3. The van der Waals surface area contributed by atoms with Gasteiger partial charge < -0.3 is 80.4 Å². The van der Waals surface area contributed by atoms with Gasteiger partial charge in [-0.25, -0.2) is 33.6 Å². The fraction of sp³-hybridized carbons (Fsp3) is 0.183. The third-order valence-electron chi connectivity index (χ3n) is 11.5. The zero-order valence-electron chi connectivity index (χ0n) is 56.2. The van der Waals surface area contributed by atoms with Crippen molar-refractivity contribution >= 4 is 91.4 Å². The van der Waals surface area contributed by atoms with Crippen molar-refractivity contribution in [3.63, 3.8) is 0 Å². The summed E-state index contributed by atoms with van der Waals surface area (Å²) in [4.78, 5) is 151. The number of carboxylic acids is 2. The quantitative estimate of drug-likeness (QED) is 0.00310. The van der Waals surface area contributed by atoms with Gasteiger partial charge in [-0.05, 0) is 85.3 Å². The minimum atomic E-state index is -3.84. The van der Waals surface area contributed by atoms with Crippen LogP contribution in [0.3, 0.4) is 0 Å². The summed E-state index contributed by atoms with van der Waals surface area (Å²) in [5.74, 6) is -9.76. The van der Waals surface area contributed by atoms with Crippen molar-refractivity contribution in [3.8, 4) is 0 Å². The van der Waals surface area contributed by atoms with Crippen LogP contribution in [0.25, 0.3) is 0 Å². The van der Waals surface area contributed by atoms with Crippen LogP contribution in [-0.2, 0) is 75.7 Å². The number of benzene rings is 6. The molecule has 32 heteroatoms. The number of hydrogen-bond donors (Lipinski definition) is 9. The van der Waals surface area contributed by atoms with E-state index in [-0.39, 0.29) is 37.1 Å². The van der Waals surface area contributed by atoms with Gasteiger partial charge in [0, 0.05) is 54.7 Å². The lowest BCUT2D eigenvalue weighted by atomic mass is 10.1. The Labute approximate surface area is 594 Å². The standard InChI is InChI=1S/C13H15NO3.C13H13NO3.C12H16NO6P.C11H13NO4.C9H9NO4.C7H7NO.C3H3O.C2H2O3.CH4/c2*1-3-7-11(13(16)17-2)14-12(15)10-8-5-4-6-9-10;1-17-12(15)11(20(16,18-2)19-3)13-10(14)9-7-5-4-6-8-9;1-15-10(11(14)16-2)12-9(13)8-6-4-3-5-7-8;11-7(10-8(12)9(13)14)6-4-2-1-3-5-6;8-7(9)6-4-2-1-3-5-6;1-2-3-4;3-1-2(4)5;/h3-6,8-9,11H,1,7H2,2H3,(H,14,15);3-9H,1H2,2H3,(H,14,15);4-8,11H,1-3H3,(H,13,14);3-7,10H,1-2H3,(H,12,13);1-5,8,12H,(H,10,11)(H,13,14);1-5H,(H2,8,9);3H,1H2;1H,(H,4,5);1H4/q;;;;;;+1;;/b;11-7-;;;;;;;/t11-;;;;;;;;/m0......../s1. The molecule has 0 aliphatic heterocycles. The van der Waals surface area contributed by atoms with E-state index in [0.717, 1.165) is 21.3 Å². The molecule has 0 aliphatic carbocycles. The second-order valence-corrected chi connectivity index (χ2v) is 20.6. The molecule has 550 valence electrons. The summed E-state index contributed by atoms with van der Waals surface area (Å²) in [7, 11) is 4.57. The van der Waals surface area contributed by atoms with Gasteiger partial charge in [-0.3, -0.25) is 38.1 Å². The van der Waals surface area contributed by atoms with Crippen LogP contribution in [-0.4, -0.2) is 173 Å². The highest BCUT2D eigenvalue weighted by Crippen LogP contribution is 2.50. The number of amides is 6. The first kappa shape index (κ1) is 94.4. The SMILES string of the molecule is C.C=C/C=C(\NC(=O)c1ccccc1)C(=O)OC.C=CC[C@H](NC(=O)c1ccccc1)C(=O)OC.C=[C+]C=O.COC(=O)C(NC(=O)c1ccccc1)OC.COC(=O)C(NC(=O)c1ccccc1)P(=O)(OC)OC.NC(=O)c1ccccc1.O=C(NC(O)C(=O)O)c1ccccc1.O=CC(=O)O. The number of carboxylic acid groups (broad SMARTS) is 2. The van der Waals surface area contributed by atoms with Gasteiger partial charge in [-0.1, -0.05) is 135 Å². The van der Waals surface area contributed by atoms with Crippen molar-refractivity contribution < 1.29 is 120 Å². The molecule has 103 heavy (non-hydrogen) atoms. The molecule has 0 fully saturated rings. The molecule has 6 rings (SSSR count). The Kier molecular flexibility index (Phi) is 51.5. The lowest BCUT2D eigenvalue weighted by Gasteiger charge is -2.23. The first-order valence-corrected chi connectivity index (χ1v) is 30.5. The molecule has 0 spiro atoms. The van der Waals surface area contributed by atoms with E-state index >= 15 is 0 Å². The number of nitrogens with one attached hydrogen (secondary N) is 5. The number of aliphatic carboxylic acids is 2. The maximum Gasteiger partial charge on any atom is 0.380 e. The monoisotopic (exact) mass is 1450 g/mol. The third-order valence-corrected chi connectivity index (χ3v) is 13.5. The molecular weight excluding hydrogens is 1370 g/mol. The molecule has 0 heterocycles. The number of aldehydes is 2. The lowest BCUT2D eigenvalue weighted by Crippen LogP contribution is -2.42. The average Bonchev–Trinajstić information content (AvgIpc) is 0.822. The molecule has 6 amide bonds. The Morgan fingerprint density at radius 2 is 0.835 bits per heavy atom. The Morgan fingerprint density at radius 3 is 1.11 bits per heavy atom. The molecular formula is C71H82N6O25P+. The Morgan fingerprint density at radius 1 is 0.505 bits per heavy atom. The van der Waals surface area contributed by atoms with Gasteiger partial charge in [0.05, 0.1) is 28.4 Å². The van der Waals surface area contributed by atoms with Gasteiger partial charge >= 0.3 is 49.7 Å². The second-order valence-electron chi connectivity index (χ2n) is 18.3. The van der Waals surface area contributed by atoms with E-state index in [1.54, 1.807) is 164 Å². The fourth-order valence-electron chi connectivity index (χ4n) is 6.56. The van der Waals surface area contributed by atoms with E-state index in [1.165, 1.54) is 52.7 Å². The molecule has 0 saturated carbocycles. The number of methoxy groups -OCH3 is 5. The number of carbonyl (C=O) groups is 14. The van der Waals surface area contributed by atoms with Crippen LogP contribution < -0.4 is 32.3 Å². The van der Waals surface area contributed by atoms with Crippen LogP contribution in [0.4, 0.5) is 0 Å². The Bertz CT molecular complexity index is 3710. The van der Waals surface area contributed by atoms with Gasteiger partial charge in [0.1, 0.15) is 11.7 Å². The van der Waals surface area contributed by atoms with Crippen molar-refractivity contribution in [2.24, 2.45) is 5.73 Å². The van der Waals surface area contributed by atoms with Gasteiger partial charge in [-0.2, -0.15) is 0 Å². The van der Waals surface area contributed by atoms with Gasteiger partial charge in [0.2, 0.25) is 30.4 Å². The third kappa shape index (κ3) is 40.0. The molecule has 0 saturated heterocycles. The number of ether oxygens (including phenoxy) is 5. The molecule has 0 aliphatic rings. The number of aliphatic hydroxyl groups is 1. The molecule has 0 radical (unpaired) electrons. The van der Waals surface area contributed by atoms with Gasteiger partial charge in [0.25, 0.3) is 35.6 Å². The number of carbonyl (C=O) groups excluding carboxylic acids is 12. The van der Waals surface area contributed by atoms with Crippen LogP contribution in [0.2, 0.25) is 0 Å². The second kappa shape index (κ2) is 56.2. The van der Waals surface area contributed by atoms with E-state index in [0.29, 0.717) is 46.1 Å². The smallest absolute Gasteiger partial charge is 0.380 e. The van der Waals surface area contributed by atoms with Gasteiger partial charge in [-0.15, -0.1) is 6.58 Å². The van der Waals surface area contributed by atoms with Gasteiger partial charge in [0.15, 0.2) is 6.58 Å². The largest absolute Gasteiger partial charge is 0.478 e. The van der Waals surface area contributed by atoms with E-state index in [9.17, 15) is 57.3 Å². The van der Waals surface area contributed by atoms with E-state index in [4.69, 9.17) is 49.2 Å². The summed E-state index contributed by atoms with van der Waals surface area (Å²) >= 11 is 0. The van der Waals surface area contributed by atoms with E-state index in [1.807, 2.05) is 23.5 Å². The first-order valence-electron chi connectivity index (χ1n) is 28.8. The topological polar surface area (TPSA) is 468 Å². The number of nitrogens with two attached hydrogens (primary N) is 1. The number of primary amides is 1. The first-order chi connectivity index (χ1) is 48.6. The van der Waals surface area contributed by atoms with Crippen molar-refractivity contribution in [3.05, 3.63) is 265 Å². The molecule has 3 unspecified atom stereocenters. The van der Waals surface area contributed by atoms with Crippen LogP contribution in [0, 0.1) is 6.08 Å². The molecule has 0 bridgehead atoms. The highest BCUT2D eigenvalue weighted by atomic mass is 31.2. The van der Waals surface area contributed by atoms with Crippen molar-refractivity contribution in [2.45, 2.75) is 38.1 Å². The number of hydrogen-bond acceptors (Lipinski definition) is 23. The minimum absolute atomic E-state index is 0. The van der Waals surface area contributed by atoms with Crippen molar-refractivity contribution in [2.75, 3.05) is 49.8 Å². The van der Waals surface area contributed by atoms with Crippen LogP contribution in [0.5, 0.6) is 0 Å². The maximum absolute atomic E-state index is 12.3. The molecule has 10 N–H and O–H groups in total. The highest BCUT2D eigenvalue weighted by molar-refractivity contribution is 7.55. The Hall–Kier alpha value is -12.8. The zero-order chi connectivity index (χ0) is 77.4. The van der Waals surface area contributed by atoms with Crippen LogP contribution in [0.15, 0.2) is 226 Å². The molecule has 0 aromatic heterocycles. The highest BCUT2D eigenvalue weighted by Gasteiger charge is 2.42. The minimum Gasteiger partial charge on any atom is -0.478 e. The summed E-state index contributed by atoms with van der Waals surface area (Å²) in [5.41, 5.74) is 7.61. The fourth-order valence-corrected chi connectivity index (χ4v) is 7.77. The summed E-state index contributed by atoms with van der Waals surface area (Å²) < 4.78 is 44.6. The lowest BCUT2D eigenvalue weighted by molar-refractivity contribution is -0.153. The summed E-state index contributed by atoms with van der Waals surface area (Å²) in [6.45, 7) is 9.99. The predicted octanol–water partition coefficient (Wildman–Crippen LogP) is 5.84. The van der Waals surface area contributed by atoms with Crippen molar-refractivity contribution in [1.29, 1.82) is 0 Å². The summed E-state index contributed by atoms with van der Waals surface area (Å²) in [5, 5.41) is 36.2. The maximum atomic E-state index is 12.3. The number of esters is 4. The number of aliphatic hydroxyl groups excluding tert-OH is 1. The van der Waals surface area contributed by atoms with E-state index in [2.05, 4.69) is 60.0 Å². The Balaban J connectivity index is -0.00000114.